The predicted octanol–water partition coefficient (Wildman–Crippen LogP) is 5.28. The van der Waals surface area contributed by atoms with E-state index in [1.165, 1.54) is 36.1 Å². The second-order valence-corrected chi connectivity index (χ2v) is 13.3. The highest BCUT2D eigenvalue weighted by Gasteiger charge is 2.83. The third-order valence-corrected chi connectivity index (χ3v) is 12.1. The minimum absolute atomic E-state index is 0.0494. The summed E-state index contributed by atoms with van der Waals surface area (Å²) < 4.78 is 26.3. The molecule has 6 heteroatoms. The van der Waals surface area contributed by atoms with Crippen molar-refractivity contribution in [3.63, 3.8) is 0 Å². The normalized spacial score (nSPS) is 38.4. The van der Waals surface area contributed by atoms with Crippen LogP contribution in [0.3, 0.4) is 0 Å². The van der Waals surface area contributed by atoms with Crippen molar-refractivity contribution >= 4 is 0 Å². The van der Waals surface area contributed by atoms with Crippen molar-refractivity contribution in [3.05, 3.63) is 59.2 Å². The van der Waals surface area contributed by atoms with E-state index >= 15 is 0 Å². The number of rotatable bonds is 9. The molecule has 7 aliphatic rings. The van der Waals surface area contributed by atoms with Crippen LogP contribution in [0.1, 0.15) is 55.2 Å². The minimum atomic E-state index is -0.512. The highest BCUT2D eigenvalue weighted by molar-refractivity contribution is 5.64. The molecule has 4 saturated carbocycles. The predicted molar refractivity (Wildman–Crippen MR) is 150 cm³/mol. The molecule has 2 heterocycles. The van der Waals surface area contributed by atoms with Crippen molar-refractivity contribution in [2.75, 3.05) is 33.9 Å². The summed E-state index contributed by atoms with van der Waals surface area (Å²) in [5, 5.41) is 10.4. The minimum Gasteiger partial charge on any atom is -0.493 e. The van der Waals surface area contributed by atoms with E-state index in [-0.39, 0.29) is 28.8 Å². The van der Waals surface area contributed by atoms with Gasteiger partial charge in [0.25, 0.3) is 0 Å². The average molecular weight is 541 g/mol. The van der Waals surface area contributed by atoms with Crippen molar-refractivity contribution in [1.82, 2.24) is 4.90 Å². The molecule has 5 aliphatic carbocycles. The lowest BCUT2D eigenvalue weighted by Crippen LogP contribution is -2.84. The first-order valence-electron chi connectivity index (χ1n) is 15.3. The number of likely N-dealkylation sites (tertiary alicyclic amines) is 1. The molecule has 5 fully saturated rings. The maximum Gasteiger partial charge on any atom is 0.165 e. The zero-order chi connectivity index (χ0) is 27.1. The smallest absolute Gasteiger partial charge is 0.165 e. The molecule has 0 radical (unpaired) electrons. The molecule has 9 rings (SSSR count). The fraction of sp³-hybridized carbons (Fsp3) is 0.618. The molecule has 0 amide bonds. The lowest BCUT2D eigenvalue weighted by Gasteiger charge is -2.76. The van der Waals surface area contributed by atoms with Crippen molar-refractivity contribution in [2.24, 2.45) is 23.2 Å². The highest BCUT2D eigenvalue weighted by atomic mass is 16.6. The largest absolute Gasteiger partial charge is 0.493 e. The van der Waals surface area contributed by atoms with Crippen LogP contribution in [0.25, 0.3) is 0 Å². The molecule has 2 aliphatic heterocycles. The van der Waals surface area contributed by atoms with Crippen LogP contribution in [-0.2, 0) is 27.9 Å². The Morgan fingerprint density at radius 1 is 1.05 bits per heavy atom. The van der Waals surface area contributed by atoms with Crippen LogP contribution in [0.2, 0.25) is 0 Å². The summed E-state index contributed by atoms with van der Waals surface area (Å²) in [5.41, 5.74) is 3.24. The Balaban J connectivity index is 1.29. The van der Waals surface area contributed by atoms with Gasteiger partial charge in [-0.05, 0) is 74.1 Å². The second kappa shape index (κ2) is 8.95. The Morgan fingerprint density at radius 3 is 2.65 bits per heavy atom. The zero-order valence-electron chi connectivity index (χ0n) is 23.7. The number of benzene rings is 2. The fourth-order valence-electron chi connectivity index (χ4n) is 10.5. The Morgan fingerprint density at radius 2 is 1.90 bits per heavy atom. The van der Waals surface area contributed by atoms with Crippen LogP contribution in [0, 0.1) is 34.5 Å². The summed E-state index contributed by atoms with van der Waals surface area (Å²) in [7, 11) is 3.62. The lowest BCUT2D eigenvalue weighted by molar-refractivity contribution is -0.310. The quantitative estimate of drug-likeness (QED) is 0.432. The summed E-state index contributed by atoms with van der Waals surface area (Å²) in [6, 6.07) is 17.9. The SMILES string of the molecule is COc1ccc2c3c1O[C@H]1C4(OC)CCC5([C@@H](CC#N)[C@@H]4COCc4ccccc4)[C@@H](C2)N(CC2CC2)CCC315. The zero-order valence-corrected chi connectivity index (χ0v) is 23.7. The summed E-state index contributed by atoms with van der Waals surface area (Å²) in [4.78, 5) is 2.84. The molecule has 3 unspecified atom stereocenters. The molecular weight excluding hydrogens is 500 g/mol. The van der Waals surface area contributed by atoms with Gasteiger partial charge in [0.05, 0.1) is 26.4 Å². The number of ether oxygens (including phenoxy) is 4. The summed E-state index contributed by atoms with van der Waals surface area (Å²) >= 11 is 0. The van der Waals surface area contributed by atoms with Gasteiger partial charge in [-0.2, -0.15) is 5.26 Å². The Hall–Kier alpha value is -2.59. The van der Waals surface area contributed by atoms with Crippen LogP contribution in [-0.4, -0.2) is 56.6 Å². The van der Waals surface area contributed by atoms with Gasteiger partial charge in [-0.3, -0.25) is 4.90 Å². The maximum atomic E-state index is 10.4. The summed E-state index contributed by atoms with van der Waals surface area (Å²) in [6.07, 6.45) is 7.23. The van der Waals surface area contributed by atoms with E-state index in [0.29, 0.717) is 25.7 Å². The summed E-state index contributed by atoms with van der Waals surface area (Å²) in [5.74, 6) is 2.86. The van der Waals surface area contributed by atoms with E-state index in [4.69, 9.17) is 18.9 Å². The van der Waals surface area contributed by atoms with Crippen LogP contribution >= 0.6 is 0 Å². The van der Waals surface area contributed by atoms with Crippen molar-refractivity contribution in [2.45, 2.75) is 74.7 Å². The molecule has 0 aromatic heterocycles. The number of methoxy groups -OCH3 is 2. The van der Waals surface area contributed by atoms with Gasteiger partial charge in [0.1, 0.15) is 11.7 Å². The van der Waals surface area contributed by atoms with Gasteiger partial charge in [-0.1, -0.05) is 36.4 Å². The maximum absolute atomic E-state index is 10.4. The third kappa shape index (κ3) is 3.04. The van der Waals surface area contributed by atoms with Gasteiger partial charge in [0.2, 0.25) is 0 Å². The first-order chi connectivity index (χ1) is 19.6. The van der Waals surface area contributed by atoms with Gasteiger partial charge in [-0.25, -0.2) is 0 Å². The molecule has 210 valence electrons. The molecule has 2 aromatic rings. The Bertz CT molecular complexity index is 1350. The van der Waals surface area contributed by atoms with Crippen molar-refractivity contribution in [3.8, 4) is 17.6 Å². The van der Waals surface area contributed by atoms with E-state index in [9.17, 15) is 5.26 Å². The van der Waals surface area contributed by atoms with Crippen LogP contribution in [0.4, 0.5) is 0 Å². The van der Waals surface area contributed by atoms with Crippen molar-refractivity contribution in [1.29, 1.82) is 5.26 Å². The molecule has 2 spiro atoms. The second-order valence-electron chi connectivity index (χ2n) is 13.3. The number of piperidine rings is 1. The number of nitrogens with zero attached hydrogens (tertiary/aromatic N) is 2. The highest BCUT2D eigenvalue weighted by Crippen LogP contribution is 2.78. The van der Waals surface area contributed by atoms with Crippen molar-refractivity contribution < 1.29 is 18.9 Å². The van der Waals surface area contributed by atoms with E-state index in [0.717, 1.165) is 49.6 Å². The Labute approximate surface area is 237 Å². The first-order valence-corrected chi connectivity index (χ1v) is 15.3. The van der Waals surface area contributed by atoms with E-state index < -0.39 is 5.60 Å². The molecule has 2 aromatic carbocycles. The number of hydrogen-bond donors (Lipinski definition) is 0. The van der Waals surface area contributed by atoms with Crippen LogP contribution < -0.4 is 9.47 Å². The summed E-state index contributed by atoms with van der Waals surface area (Å²) in [6.45, 7) is 3.42. The molecule has 7 atom stereocenters. The molecule has 1 saturated heterocycles. The van der Waals surface area contributed by atoms with Gasteiger partial charge >= 0.3 is 0 Å². The van der Waals surface area contributed by atoms with E-state index in [2.05, 4.69) is 47.4 Å². The van der Waals surface area contributed by atoms with Gasteiger partial charge < -0.3 is 18.9 Å². The third-order valence-electron chi connectivity index (χ3n) is 12.1. The van der Waals surface area contributed by atoms with E-state index in [1.54, 1.807) is 7.11 Å². The number of nitriles is 1. The molecule has 0 N–H and O–H groups in total. The molecule has 6 nitrogen and oxygen atoms in total. The number of fused-ring (bicyclic) bond motifs is 2. The average Bonchev–Trinajstić information content (AvgIpc) is 3.73. The van der Waals surface area contributed by atoms with Crippen LogP contribution in [0.5, 0.6) is 11.5 Å². The topological polar surface area (TPSA) is 64.0 Å². The molecular formula is C34H40N2O4. The van der Waals surface area contributed by atoms with Crippen LogP contribution in [0.15, 0.2) is 42.5 Å². The van der Waals surface area contributed by atoms with Gasteiger partial charge in [0, 0.05) is 48.4 Å². The first kappa shape index (κ1) is 25.1. The van der Waals surface area contributed by atoms with E-state index in [1.807, 2.05) is 13.2 Å². The van der Waals surface area contributed by atoms with Gasteiger partial charge in [-0.15, -0.1) is 0 Å². The Kier molecular flexibility index (Phi) is 5.63. The number of hydrogen-bond acceptors (Lipinski definition) is 6. The lowest BCUT2D eigenvalue weighted by atomic mass is 9.31. The fourth-order valence-corrected chi connectivity index (χ4v) is 10.5. The van der Waals surface area contributed by atoms with Gasteiger partial charge in [0.15, 0.2) is 11.5 Å². The monoisotopic (exact) mass is 540 g/mol. The standard InChI is InChI=1S/C34H40N2O4/c1-37-27-11-10-24-18-28-32-13-14-34(38-2,26(25(32)12-16-35)21-39-20-23-6-4-3-5-7-23)31-33(32,29(24)30(27)40-31)15-17-36(28)19-22-8-9-22/h3-7,10-11,22,25-26,28,31H,8-9,12-15,17-21H2,1-2H3/t25-,26-,28+,31+,32?,33?,34?/m0/s1. The molecule has 4 bridgehead atoms. The molecule has 40 heavy (non-hydrogen) atoms.